The Morgan fingerprint density at radius 3 is 2.75 bits per heavy atom. The van der Waals surface area contributed by atoms with Gasteiger partial charge in [-0.1, -0.05) is 12.1 Å². The van der Waals surface area contributed by atoms with Gasteiger partial charge in [-0.25, -0.2) is 0 Å². The number of amides is 1. The Balaban J connectivity index is 1.74. The van der Waals surface area contributed by atoms with Crippen LogP contribution < -0.4 is 0 Å². The van der Waals surface area contributed by atoms with Crippen molar-refractivity contribution in [1.82, 2.24) is 14.7 Å². The Hall–Kier alpha value is -1.93. The molecule has 8 heteroatoms. The smallest absolute Gasteiger partial charge is 0.285 e. The van der Waals surface area contributed by atoms with Gasteiger partial charge in [0.2, 0.25) is 5.91 Å². The number of nitrogens with zero attached hydrogens (tertiary/aromatic N) is 4. The van der Waals surface area contributed by atoms with Crippen molar-refractivity contribution >= 4 is 21.8 Å². The molecular weight excluding hydrogens is 328 g/mol. The first kappa shape index (κ1) is 16.9. The zero-order valence-corrected chi connectivity index (χ0v) is 14.8. The molecule has 0 spiro atoms. The molecule has 0 N–H and O–H groups in total. The summed E-state index contributed by atoms with van der Waals surface area (Å²) in [6, 6.07) is 6.71. The minimum Gasteiger partial charge on any atom is -0.349 e. The minimum atomic E-state index is -3.66. The molecular formula is C16H22N4O3S. The third-order valence-electron chi connectivity index (χ3n) is 4.42. The average Bonchev–Trinajstić information content (AvgIpc) is 2.69. The lowest BCUT2D eigenvalue weighted by molar-refractivity contribution is -0.131. The van der Waals surface area contributed by atoms with Crippen LogP contribution in [0.1, 0.15) is 12.0 Å². The summed E-state index contributed by atoms with van der Waals surface area (Å²) in [5, 5.41) is 0. The first-order valence-electron chi connectivity index (χ1n) is 8.00. The number of rotatable bonds is 2. The molecule has 130 valence electrons. The van der Waals surface area contributed by atoms with Crippen LogP contribution in [0.4, 0.5) is 0 Å². The monoisotopic (exact) mass is 350 g/mol. The fourth-order valence-corrected chi connectivity index (χ4v) is 4.29. The van der Waals surface area contributed by atoms with Gasteiger partial charge in [0.25, 0.3) is 10.0 Å². The molecule has 1 amide bonds. The molecule has 0 aromatic heterocycles. The molecule has 0 unspecified atom stereocenters. The second-order valence-electron chi connectivity index (χ2n) is 6.28. The highest BCUT2D eigenvalue weighted by Crippen LogP contribution is 2.26. The highest BCUT2D eigenvalue weighted by molar-refractivity contribution is 7.90. The summed E-state index contributed by atoms with van der Waals surface area (Å²) in [6.45, 7) is 3.39. The fourth-order valence-electron chi connectivity index (χ4n) is 3.04. The van der Waals surface area contributed by atoms with Gasteiger partial charge in [-0.3, -0.25) is 4.79 Å². The van der Waals surface area contributed by atoms with Crippen LogP contribution in [0.2, 0.25) is 0 Å². The van der Waals surface area contributed by atoms with Gasteiger partial charge in [0, 0.05) is 32.2 Å². The van der Waals surface area contributed by atoms with Crippen LogP contribution in [-0.2, 0) is 14.8 Å². The summed E-state index contributed by atoms with van der Waals surface area (Å²) in [4.78, 5) is 18.4. The Bertz CT molecular complexity index is 775. The van der Waals surface area contributed by atoms with E-state index in [0.717, 1.165) is 26.1 Å². The maximum Gasteiger partial charge on any atom is 0.285 e. The quantitative estimate of drug-likeness (QED) is 0.763. The molecule has 2 heterocycles. The number of amidine groups is 1. The second-order valence-corrected chi connectivity index (χ2v) is 7.85. The second kappa shape index (κ2) is 6.52. The van der Waals surface area contributed by atoms with Gasteiger partial charge in [-0.05, 0) is 32.1 Å². The van der Waals surface area contributed by atoms with E-state index in [1.807, 2.05) is 4.90 Å². The van der Waals surface area contributed by atoms with Crippen LogP contribution >= 0.6 is 0 Å². The summed E-state index contributed by atoms with van der Waals surface area (Å²) in [7, 11) is 0.0986. The van der Waals surface area contributed by atoms with Crippen LogP contribution in [0.5, 0.6) is 0 Å². The summed E-state index contributed by atoms with van der Waals surface area (Å²) in [6.07, 6.45) is 0.949. The van der Waals surface area contributed by atoms with E-state index < -0.39 is 10.0 Å². The van der Waals surface area contributed by atoms with E-state index in [1.54, 1.807) is 36.2 Å². The van der Waals surface area contributed by atoms with Crippen LogP contribution in [-0.4, -0.2) is 81.7 Å². The van der Waals surface area contributed by atoms with E-state index in [4.69, 9.17) is 0 Å². The SMILES string of the molecule is CN1CCCN(C(=O)CN(C)C2=NS(=O)(=O)c3ccccc32)CC1. The fraction of sp³-hybridized carbons (Fsp3) is 0.500. The first-order chi connectivity index (χ1) is 11.4. The number of carbonyl (C=O) groups is 1. The van der Waals surface area contributed by atoms with Gasteiger partial charge < -0.3 is 14.7 Å². The number of fused-ring (bicyclic) bond motifs is 1. The summed E-state index contributed by atoms with van der Waals surface area (Å²) in [5.74, 6) is 0.336. The predicted octanol–water partition coefficient (Wildman–Crippen LogP) is 0.231. The lowest BCUT2D eigenvalue weighted by Gasteiger charge is -2.25. The molecule has 1 saturated heterocycles. The van der Waals surface area contributed by atoms with Crippen molar-refractivity contribution in [2.24, 2.45) is 4.40 Å². The maximum absolute atomic E-state index is 12.6. The summed E-state index contributed by atoms with van der Waals surface area (Å²) >= 11 is 0. The normalized spacial score (nSPS) is 20.2. The molecule has 2 aliphatic rings. The molecule has 1 aromatic carbocycles. The molecule has 1 aromatic rings. The highest BCUT2D eigenvalue weighted by Gasteiger charge is 2.31. The molecule has 24 heavy (non-hydrogen) atoms. The molecule has 0 saturated carbocycles. The third kappa shape index (κ3) is 3.29. The largest absolute Gasteiger partial charge is 0.349 e. The Labute approximate surface area is 142 Å². The molecule has 0 radical (unpaired) electrons. The van der Waals surface area contributed by atoms with Crippen molar-refractivity contribution in [3.8, 4) is 0 Å². The molecule has 0 bridgehead atoms. The Morgan fingerprint density at radius 2 is 1.96 bits per heavy atom. The van der Waals surface area contributed by atoms with E-state index in [9.17, 15) is 13.2 Å². The maximum atomic E-state index is 12.6. The van der Waals surface area contributed by atoms with Crippen LogP contribution in [0.15, 0.2) is 33.6 Å². The van der Waals surface area contributed by atoms with Crippen molar-refractivity contribution in [1.29, 1.82) is 0 Å². The van der Waals surface area contributed by atoms with Crippen molar-refractivity contribution in [2.75, 3.05) is 46.8 Å². The van der Waals surface area contributed by atoms with Gasteiger partial charge in [0.1, 0.15) is 4.90 Å². The minimum absolute atomic E-state index is 0.00252. The van der Waals surface area contributed by atoms with Gasteiger partial charge in [0.15, 0.2) is 5.84 Å². The van der Waals surface area contributed by atoms with Crippen molar-refractivity contribution in [3.63, 3.8) is 0 Å². The lowest BCUT2D eigenvalue weighted by atomic mass is 10.2. The average molecular weight is 350 g/mol. The standard InChI is InChI=1S/C16H22N4O3S/c1-18-8-5-9-20(11-10-18)15(21)12-19(2)16-13-6-3-4-7-14(13)24(22,23)17-16/h3-4,6-7H,5,8-12H2,1-2H3. The Kier molecular flexibility index (Phi) is 4.60. The topological polar surface area (TPSA) is 73.3 Å². The van der Waals surface area contributed by atoms with Crippen molar-refractivity contribution in [3.05, 3.63) is 29.8 Å². The van der Waals surface area contributed by atoms with Crippen LogP contribution in [0, 0.1) is 0 Å². The van der Waals surface area contributed by atoms with E-state index in [2.05, 4.69) is 16.3 Å². The predicted molar refractivity (Wildman–Crippen MR) is 91.5 cm³/mol. The molecule has 0 aliphatic carbocycles. The van der Waals surface area contributed by atoms with Crippen LogP contribution in [0.25, 0.3) is 0 Å². The number of likely N-dealkylation sites (N-methyl/N-ethyl adjacent to an activating group) is 2. The van der Waals surface area contributed by atoms with Gasteiger partial charge in [0.05, 0.1) is 6.54 Å². The van der Waals surface area contributed by atoms with E-state index in [0.29, 0.717) is 17.9 Å². The number of benzene rings is 1. The number of hydrogen-bond donors (Lipinski definition) is 0. The van der Waals surface area contributed by atoms with E-state index >= 15 is 0 Å². The molecule has 3 rings (SSSR count). The zero-order valence-electron chi connectivity index (χ0n) is 14.0. The Morgan fingerprint density at radius 1 is 1.21 bits per heavy atom. The van der Waals surface area contributed by atoms with E-state index in [-0.39, 0.29) is 17.3 Å². The van der Waals surface area contributed by atoms with Crippen LogP contribution in [0.3, 0.4) is 0 Å². The molecule has 2 aliphatic heterocycles. The first-order valence-corrected chi connectivity index (χ1v) is 9.44. The number of sulfonamides is 1. The zero-order chi connectivity index (χ0) is 17.3. The molecule has 0 atom stereocenters. The van der Waals surface area contributed by atoms with Gasteiger partial charge in [-0.15, -0.1) is 4.40 Å². The highest BCUT2D eigenvalue weighted by atomic mass is 32.2. The van der Waals surface area contributed by atoms with Gasteiger partial charge in [-0.2, -0.15) is 8.42 Å². The van der Waals surface area contributed by atoms with Crippen molar-refractivity contribution in [2.45, 2.75) is 11.3 Å². The third-order valence-corrected chi connectivity index (χ3v) is 5.74. The van der Waals surface area contributed by atoms with Crippen molar-refractivity contribution < 1.29 is 13.2 Å². The lowest BCUT2D eigenvalue weighted by Crippen LogP contribution is -2.42. The molecule has 7 nitrogen and oxygen atoms in total. The molecule has 1 fully saturated rings. The van der Waals surface area contributed by atoms with Gasteiger partial charge >= 0.3 is 0 Å². The summed E-state index contributed by atoms with van der Waals surface area (Å²) < 4.78 is 28.1. The number of hydrogen-bond acceptors (Lipinski definition) is 5. The van der Waals surface area contributed by atoms with E-state index in [1.165, 1.54) is 0 Å². The number of carbonyl (C=O) groups excluding carboxylic acids is 1. The summed E-state index contributed by atoms with van der Waals surface area (Å²) in [5.41, 5.74) is 0.559.